The predicted molar refractivity (Wildman–Crippen MR) is 109 cm³/mol. The van der Waals surface area contributed by atoms with E-state index in [2.05, 4.69) is 10.1 Å². The van der Waals surface area contributed by atoms with Gasteiger partial charge in [0, 0.05) is 31.2 Å². The minimum Gasteiger partial charge on any atom is -0.449 e. The summed E-state index contributed by atoms with van der Waals surface area (Å²) in [6, 6.07) is 5.59. The topological polar surface area (TPSA) is 115 Å². The fraction of sp³-hybridized carbons (Fsp3) is 0.238. The summed E-state index contributed by atoms with van der Waals surface area (Å²) in [4.78, 5) is 25.7. The molecule has 2 aromatic carbocycles. The summed E-state index contributed by atoms with van der Waals surface area (Å²) in [6.07, 6.45) is 0.122. The Kier molecular flexibility index (Phi) is 5.31. The molecule has 1 aromatic heterocycles. The van der Waals surface area contributed by atoms with Gasteiger partial charge in [0.05, 0.1) is 28.5 Å². The largest absolute Gasteiger partial charge is 0.511 e. The second-order valence-electron chi connectivity index (χ2n) is 7.62. The number of hydrogen-bond acceptors (Lipinski definition) is 5. The predicted octanol–water partition coefficient (Wildman–Crippen LogP) is 2.19. The Labute approximate surface area is 178 Å². The number of benzene rings is 2. The molecule has 8 nitrogen and oxygen atoms in total. The quantitative estimate of drug-likeness (QED) is 0.593. The number of nitrogens with one attached hydrogen (secondary N) is 1. The van der Waals surface area contributed by atoms with Crippen LogP contribution in [0.4, 0.5) is 23.7 Å². The standard InChI is InChI=1S/C21H16F3N3O4.H2O/c22-10-1-2-16(14(23)3-10)27-9-19(31-21(29)30)20(28)13-5-15(24)18(6-17(13)27)26-8-11-4-12(26)7-25-11;/h1-3,5-6,9,11-12,25H,4,7-8H2,(H,29,30);1H2. The Balaban J connectivity index is 0.00000245. The number of carboxylic acid groups (broad SMARTS) is 1. The summed E-state index contributed by atoms with van der Waals surface area (Å²) in [7, 11) is 0. The van der Waals surface area contributed by atoms with Crippen molar-refractivity contribution in [1.82, 2.24) is 9.88 Å². The van der Waals surface area contributed by atoms with E-state index in [-0.39, 0.29) is 39.8 Å². The molecular formula is C21H18F3N3O5. The molecule has 3 aromatic rings. The molecule has 168 valence electrons. The molecule has 0 amide bonds. The molecule has 0 spiro atoms. The van der Waals surface area contributed by atoms with Crippen LogP contribution >= 0.6 is 0 Å². The van der Waals surface area contributed by atoms with Crippen LogP contribution in [0.1, 0.15) is 6.42 Å². The van der Waals surface area contributed by atoms with Crippen molar-refractivity contribution >= 4 is 22.7 Å². The van der Waals surface area contributed by atoms with Crippen LogP contribution < -0.4 is 20.4 Å². The highest BCUT2D eigenvalue weighted by molar-refractivity contribution is 5.86. The number of aromatic nitrogens is 1. The number of ether oxygens (including phenoxy) is 1. The zero-order valence-corrected chi connectivity index (χ0v) is 16.4. The number of fused-ring (bicyclic) bond motifs is 3. The van der Waals surface area contributed by atoms with Gasteiger partial charge >= 0.3 is 6.16 Å². The number of halogens is 3. The summed E-state index contributed by atoms with van der Waals surface area (Å²) >= 11 is 0. The van der Waals surface area contributed by atoms with Gasteiger partial charge in [-0.2, -0.15) is 0 Å². The second-order valence-corrected chi connectivity index (χ2v) is 7.62. The molecule has 2 saturated heterocycles. The molecule has 11 heteroatoms. The summed E-state index contributed by atoms with van der Waals surface area (Å²) in [6.45, 7) is 1.29. The van der Waals surface area contributed by atoms with Crippen molar-refractivity contribution in [3.63, 3.8) is 0 Å². The molecule has 0 aliphatic carbocycles. The van der Waals surface area contributed by atoms with Crippen molar-refractivity contribution in [2.75, 3.05) is 18.0 Å². The van der Waals surface area contributed by atoms with Crippen molar-refractivity contribution < 1.29 is 33.3 Å². The van der Waals surface area contributed by atoms with Crippen LogP contribution in [0.3, 0.4) is 0 Å². The second kappa shape index (κ2) is 7.84. The summed E-state index contributed by atoms with van der Waals surface area (Å²) in [5, 5.41) is 12.1. The Bertz CT molecular complexity index is 1300. The number of carbonyl (C=O) groups is 1. The zero-order valence-electron chi connectivity index (χ0n) is 16.4. The van der Waals surface area contributed by atoms with E-state index in [4.69, 9.17) is 5.11 Å². The highest BCUT2D eigenvalue weighted by atomic mass is 19.1. The molecule has 0 radical (unpaired) electrons. The van der Waals surface area contributed by atoms with Gasteiger partial charge in [-0.3, -0.25) is 4.79 Å². The smallest absolute Gasteiger partial charge is 0.449 e. The van der Waals surface area contributed by atoms with Crippen molar-refractivity contribution in [2.24, 2.45) is 0 Å². The van der Waals surface area contributed by atoms with E-state index < -0.39 is 34.8 Å². The highest BCUT2D eigenvalue weighted by Crippen LogP contribution is 2.34. The van der Waals surface area contributed by atoms with Crippen molar-refractivity contribution in [1.29, 1.82) is 0 Å². The number of pyridine rings is 1. The Morgan fingerprint density at radius 3 is 2.50 bits per heavy atom. The van der Waals surface area contributed by atoms with E-state index in [1.807, 2.05) is 4.90 Å². The minimum atomic E-state index is -1.75. The van der Waals surface area contributed by atoms with E-state index in [0.29, 0.717) is 19.2 Å². The average molecular weight is 449 g/mol. The third-order valence-electron chi connectivity index (χ3n) is 5.77. The van der Waals surface area contributed by atoms with Gasteiger partial charge in [0.15, 0.2) is 5.75 Å². The number of hydrogen-bond donors (Lipinski definition) is 2. The monoisotopic (exact) mass is 449 g/mol. The molecule has 32 heavy (non-hydrogen) atoms. The number of piperazine rings is 1. The van der Waals surface area contributed by atoms with E-state index in [0.717, 1.165) is 30.8 Å². The summed E-state index contributed by atoms with van der Waals surface area (Å²) in [5.41, 5.74) is -0.612. The van der Waals surface area contributed by atoms with Crippen LogP contribution in [-0.2, 0) is 0 Å². The molecule has 4 N–H and O–H groups in total. The fourth-order valence-electron chi connectivity index (χ4n) is 4.43. The lowest BCUT2D eigenvalue weighted by Gasteiger charge is -2.30. The van der Waals surface area contributed by atoms with Crippen LogP contribution in [0, 0.1) is 17.5 Å². The first kappa shape index (κ1) is 21.7. The minimum absolute atomic E-state index is 0. The van der Waals surface area contributed by atoms with Gasteiger partial charge in [0.25, 0.3) is 0 Å². The summed E-state index contributed by atoms with van der Waals surface area (Å²) < 4.78 is 48.8. The van der Waals surface area contributed by atoms with Crippen molar-refractivity contribution in [2.45, 2.75) is 18.5 Å². The van der Waals surface area contributed by atoms with E-state index >= 15 is 4.39 Å². The third-order valence-corrected chi connectivity index (χ3v) is 5.77. The van der Waals surface area contributed by atoms with Gasteiger partial charge in [-0.15, -0.1) is 0 Å². The van der Waals surface area contributed by atoms with Gasteiger partial charge in [0.2, 0.25) is 5.43 Å². The SMILES string of the molecule is O.O=C(O)Oc1cn(-c2ccc(F)cc2F)c2cc(N3CC4CC3CN4)c(F)cc2c1=O. The first-order valence-electron chi connectivity index (χ1n) is 9.57. The first-order valence-corrected chi connectivity index (χ1v) is 9.57. The maximum Gasteiger partial charge on any atom is 0.511 e. The molecular weight excluding hydrogens is 431 g/mol. The summed E-state index contributed by atoms with van der Waals surface area (Å²) in [5.74, 6) is -3.03. The molecule has 2 aliphatic heterocycles. The van der Waals surface area contributed by atoms with E-state index in [1.165, 1.54) is 10.6 Å². The molecule has 2 fully saturated rings. The van der Waals surface area contributed by atoms with E-state index in [1.54, 1.807) is 0 Å². The third kappa shape index (κ3) is 3.45. The molecule has 5 rings (SSSR count). The maximum absolute atomic E-state index is 15.0. The Morgan fingerprint density at radius 2 is 1.88 bits per heavy atom. The van der Waals surface area contributed by atoms with Crippen molar-refractivity contribution in [3.8, 4) is 11.4 Å². The molecule has 2 atom stereocenters. The van der Waals surface area contributed by atoms with Gasteiger partial charge < -0.3 is 30.1 Å². The number of nitrogens with zero attached hydrogens (tertiary/aromatic N) is 2. The van der Waals surface area contributed by atoms with Crippen LogP contribution in [0.25, 0.3) is 16.6 Å². The molecule has 2 unspecified atom stereocenters. The maximum atomic E-state index is 15.0. The van der Waals surface area contributed by atoms with Crippen LogP contribution in [0.5, 0.6) is 5.75 Å². The highest BCUT2D eigenvalue weighted by Gasteiger charge is 2.38. The van der Waals surface area contributed by atoms with Gasteiger partial charge in [-0.05, 0) is 30.7 Å². The van der Waals surface area contributed by atoms with Gasteiger partial charge in [0.1, 0.15) is 17.5 Å². The lowest BCUT2D eigenvalue weighted by Crippen LogP contribution is -2.44. The first-order chi connectivity index (χ1) is 14.8. The normalized spacial score (nSPS) is 19.3. The Hall–Kier alpha value is -3.57. The fourth-order valence-corrected chi connectivity index (χ4v) is 4.43. The molecule has 2 aliphatic rings. The van der Waals surface area contributed by atoms with Gasteiger partial charge in [-0.1, -0.05) is 0 Å². The average Bonchev–Trinajstić information content (AvgIpc) is 3.34. The molecule has 3 heterocycles. The molecule has 0 saturated carbocycles. The number of anilines is 1. The van der Waals surface area contributed by atoms with Crippen molar-refractivity contribution in [3.05, 3.63) is 64.2 Å². The van der Waals surface area contributed by atoms with Gasteiger partial charge in [-0.25, -0.2) is 18.0 Å². The Morgan fingerprint density at radius 1 is 1.12 bits per heavy atom. The van der Waals surface area contributed by atoms with Crippen LogP contribution in [0.2, 0.25) is 0 Å². The lowest BCUT2D eigenvalue weighted by molar-refractivity contribution is 0.144. The van der Waals surface area contributed by atoms with E-state index in [9.17, 15) is 18.4 Å². The van der Waals surface area contributed by atoms with Crippen LogP contribution in [0.15, 0.2) is 41.3 Å². The van der Waals surface area contributed by atoms with Crippen LogP contribution in [-0.4, -0.2) is 46.5 Å². The lowest BCUT2D eigenvalue weighted by atomic mass is 10.1. The number of rotatable bonds is 3. The zero-order chi connectivity index (χ0) is 21.9. The molecule has 2 bridgehead atoms.